The van der Waals surface area contributed by atoms with Gasteiger partial charge in [0.2, 0.25) is 5.95 Å². The molecule has 0 saturated heterocycles. The molecule has 3 rings (SSSR count). The minimum atomic E-state index is -3.04. The summed E-state index contributed by atoms with van der Waals surface area (Å²) in [7, 11) is 1.20. The molecule has 1 aromatic heterocycles. The lowest BCUT2D eigenvalue weighted by Crippen LogP contribution is -2.41. The van der Waals surface area contributed by atoms with Gasteiger partial charge in [-0.3, -0.25) is 4.79 Å². The third-order valence-corrected chi connectivity index (χ3v) is 5.43. The van der Waals surface area contributed by atoms with Gasteiger partial charge in [0.15, 0.2) is 0 Å². The molecule has 0 radical (unpaired) electrons. The lowest BCUT2D eigenvalue weighted by Gasteiger charge is -2.31. The van der Waals surface area contributed by atoms with Crippen molar-refractivity contribution in [2.75, 3.05) is 0 Å². The zero-order valence-corrected chi connectivity index (χ0v) is 16.5. The molecular weight excluding hydrogens is 423 g/mol. The molecule has 1 aliphatic rings. The average molecular weight is 442 g/mol. The second-order valence-corrected chi connectivity index (χ2v) is 7.45. The highest BCUT2D eigenvalue weighted by Gasteiger charge is 2.41. The predicted molar refractivity (Wildman–Crippen MR) is 100.0 cm³/mol. The maximum Gasteiger partial charge on any atom is 0.283 e. The summed E-state index contributed by atoms with van der Waals surface area (Å²) >= 11 is 3.46. The maximum atomic E-state index is 14.4. The summed E-state index contributed by atoms with van der Waals surface area (Å²) in [6.07, 6.45) is -1.56. The van der Waals surface area contributed by atoms with Crippen LogP contribution in [0, 0.1) is 5.95 Å². The summed E-state index contributed by atoms with van der Waals surface area (Å²) in [6, 6.07) is 6.79. The van der Waals surface area contributed by atoms with Crippen molar-refractivity contribution in [3.05, 3.63) is 58.1 Å². The first-order chi connectivity index (χ1) is 12.7. The molecule has 1 heterocycles. The van der Waals surface area contributed by atoms with Crippen LogP contribution < -0.4 is 0 Å². The van der Waals surface area contributed by atoms with Crippen LogP contribution in [0.25, 0.3) is 5.57 Å². The van der Waals surface area contributed by atoms with Crippen LogP contribution in [0.2, 0.25) is 0 Å². The van der Waals surface area contributed by atoms with E-state index in [9.17, 15) is 18.0 Å². The molecule has 1 unspecified atom stereocenters. The SMILES string of the molecule is C=C(c1ccccc1Br)C(C)N(C(=O)c1c(C(F)F)nn(C)c1F)C1CC1. The van der Waals surface area contributed by atoms with Crippen molar-refractivity contribution in [3.63, 3.8) is 0 Å². The fourth-order valence-electron chi connectivity index (χ4n) is 3.13. The van der Waals surface area contributed by atoms with E-state index >= 15 is 0 Å². The Morgan fingerprint density at radius 2 is 2.00 bits per heavy atom. The molecule has 1 aromatic carbocycles. The van der Waals surface area contributed by atoms with E-state index in [-0.39, 0.29) is 6.04 Å². The average Bonchev–Trinajstić information content (AvgIpc) is 3.40. The first kappa shape index (κ1) is 19.7. The fraction of sp³-hybridized carbons (Fsp3) is 0.368. The Morgan fingerprint density at radius 3 is 2.56 bits per heavy atom. The van der Waals surface area contributed by atoms with E-state index in [0.717, 1.165) is 22.9 Å². The molecule has 0 N–H and O–H groups in total. The standard InChI is InChI=1S/C19H19BrF3N3O/c1-10(13-6-4-5-7-14(13)20)11(2)26(12-8-9-12)19(27)15-16(17(21)22)24-25(3)18(15)23/h4-7,11-12,17H,1,8-9H2,2-3H3. The predicted octanol–water partition coefficient (Wildman–Crippen LogP) is 4.97. The van der Waals surface area contributed by atoms with Gasteiger partial charge < -0.3 is 4.90 Å². The second kappa shape index (κ2) is 7.50. The fourth-order valence-corrected chi connectivity index (χ4v) is 3.67. The smallest absolute Gasteiger partial charge is 0.283 e. The number of nitrogens with zero attached hydrogens (tertiary/aromatic N) is 3. The third kappa shape index (κ3) is 3.67. The summed E-state index contributed by atoms with van der Waals surface area (Å²) in [5.74, 6) is -1.83. The van der Waals surface area contributed by atoms with Gasteiger partial charge in [-0.25, -0.2) is 13.5 Å². The number of halogens is 4. The van der Waals surface area contributed by atoms with E-state index in [2.05, 4.69) is 27.6 Å². The van der Waals surface area contributed by atoms with Crippen LogP contribution in [-0.4, -0.2) is 32.7 Å². The van der Waals surface area contributed by atoms with Gasteiger partial charge in [-0.1, -0.05) is 40.7 Å². The lowest BCUT2D eigenvalue weighted by molar-refractivity contribution is 0.0698. The second-order valence-electron chi connectivity index (χ2n) is 6.60. The van der Waals surface area contributed by atoms with Crippen LogP contribution in [0.5, 0.6) is 0 Å². The van der Waals surface area contributed by atoms with Gasteiger partial charge in [0.1, 0.15) is 11.3 Å². The molecule has 1 atom stereocenters. The summed E-state index contributed by atoms with van der Waals surface area (Å²) in [5, 5.41) is 3.48. The summed E-state index contributed by atoms with van der Waals surface area (Å²) in [6.45, 7) is 5.86. The van der Waals surface area contributed by atoms with Gasteiger partial charge in [-0.2, -0.15) is 9.49 Å². The first-order valence-corrected chi connectivity index (χ1v) is 9.30. The first-order valence-electron chi connectivity index (χ1n) is 8.51. The number of alkyl halides is 2. The molecule has 144 valence electrons. The Labute approximate surface area is 163 Å². The quantitative estimate of drug-likeness (QED) is 0.634. The maximum absolute atomic E-state index is 14.4. The molecule has 1 fully saturated rings. The number of aromatic nitrogens is 2. The molecule has 1 saturated carbocycles. The van der Waals surface area contributed by atoms with E-state index in [4.69, 9.17) is 0 Å². The van der Waals surface area contributed by atoms with Gasteiger partial charge in [0.05, 0.1) is 6.04 Å². The van der Waals surface area contributed by atoms with Crippen molar-refractivity contribution in [2.24, 2.45) is 7.05 Å². The van der Waals surface area contributed by atoms with Crippen LogP contribution in [0.1, 0.15) is 47.8 Å². The normalized spacial score (nSPS) is 15.1. The van der Waals surface area contributed by atoms with Crippen LogP contribution in [0.15, 0.2) is 35.3 Å². The number of rotatable bonds is 6. The van der Waals surface area contributed by atoms with E-state index in [0.29, 0.717) is 10.3 Å². The number of aryl methyl sites for hydroxylation is 1. The molecule has 0 aliphatic heterocycles. The molecular formula is C19H19BrF3N3O. The highest BCUT2D eigenvalue weighted by molar-refractivity contribution is 9.10. The van der Waals surface area contributed by atoms with Crippen molar-refractivity contribution < 1.29 is 18.0 Å². The number of carbonyl (C=O) groups is 1. The molecule has 1 amide bonds. The highest BCUT2D eigenvalue weighted by Crippen LogP contribution is 2.37. The van der Waals surface area contributed by atoms with Crippen molar-refractivity contribution in [2.45, 2.75) is 38.3 Å². The van der Waals surface area contributed by atoms with Crippen LogP contribution in [0.4, 0.5) is 13.2 Å². The Bertz CT molecular complexity index is 892. The van der Waals surface area contributed by atoms with Crippen molar-refractivity contribution in [1.82, 2.24) is 14.7 Å². The lowest BCUT2D eigenvalue weighted by atomic mass is 9.99. The van der Waals surface area contributed by atoms with Crippen LogP contribution >= 0.6 is 15.9 Å². The Balaban J connectivity index is 1.98. The zero-order chi connectivity index (χ0) is 19.9. The van der Waals surface area contributed by atoms with Gasteiger partial charge >= 0.3 is 0 Å². The zero-order valence-electron chi connectivity index (χ0n) is 14.9. The third-order valence-electron chi connectivity index (χ3n) is 4.74. The van der Waals surface area contributed by atoms with E-state index in [1.165, 1.54) is 11.9 Å². The molecule has 27 heavy (non-hydrogen) atoms. The monoisotopic (exact) mass is 441 g/mol. The molecule has 2 aromatic rings. The van der Waals surface area contributed by atoms with Gasteiger partial charge in [-0.05, 0) is 37.0 Å². The molecule has 0 spiro atoms. The van der Waals surface area contributed by atoms with Gasteiger partial charge in [0, 0.05) is 17.6 Å². The van der Waals surface area contributed by atoms with E-state index in [1.807, 2.05) is 24.3 Å². The van der Waals surface area contributed by atoms with Crippen LogP contribution in [-0.2, 0) is 7.05 Å². The number of amides is 1. The minimum absolute atomic E-state index is 0.128. The number of benzene rings is 1. The van der Waals surface area contributed by atoms with E-state index in [1.54, 1.807) is 6.92 Å². The highest BCUT2D eigenvalue weighted by atomic mass is 79.9. The van der Waals surface area contributed by atoms with Crippen molar-refractivity contribution in [3.8, 4) is 0 Å². The Hall–Kier alpha value is -2.09. The minimum Gasteiger partial charge on any atom is -0.329 e. The Kier molecular flexibility index (Phi) is 5.46. The van der Waals surface area contributed by atoms with Crippen LogP contribution in [0.3, 0.4) is 0 Å². The topological polar surface area (TPSA) is 38.1 Å². The molecule has 1 aliphatic carbocycles. The summed E-state index contributed by atoms with van der Waals surface area (Å²) < 4.78 is 42.5. The number of hydrogen-bond donors (Lipinski definition) is 0. The molecule has 8 heteroatoms. The van der Waals surface area contributed by atoms with E-state index < -0.39 is 35.6 Å². The van der Waals surface area contributed by atoms with Gasteiger partial charge in [-0.15, -0.1) is 0 Å². The summed E-state index contributed by atoms with van der Waals surface area (Å²) in [5.41, 5.74) is -0.0367. The van der Waals surface area contributed by atoms with Gasteiger partial charge in [0.25, 0.3) is 12.3 Å². The number of hydrogen-bond acceptors (Lipinski definition) is 2. The van der Waals surface area contributed by atoms with Crippen molar-refractivity contribution in [1.29, 1.82) is 0 Å². The largest absolute Gasteiger partial charge is 0.329 e. The molecule has 4 nitrogen and oxygen atoms in total. The summed E-state index contributed by atoms with van der Waals surface area (Å²) in [4.78, 5) is 14.5. The van der Waals surface area contributed by atoms with Crippen molar-refractivity contribution >= 4 is 27.4 Å². The molecule has 0 bridgehead atoms. The number of carbonyl (C=O) groups excluding carboxylic acids is 1. The Morgan fingerprint density at radius 1 is 1.37 bits per heavy atom.